The molecular formula is C17H23NO2. The van der Waals surface area contributed by atoms with Gasteiger partial charge in [-0.3, -0.25) is 0 Å². The van der Waals surface area contributed by atoms with E-state index < -0.39 is 0 Å². The fraction of sp³-hybridized carbons (Fsp3) is 0.588. The maximum atomic E-state index is 8.98. The zero-order chi connectivity index (χ0) is 14.8. The number of nitrogens with zero attached hydrogens (tertiary/aromatic N) is 1. The molecule has 108 valence electrons. The number of fused-ring (bicyclic) bond motifs is 1. The first-order valence-electron chi connectivity index (χ1n) is 7.18. The molecule has 1 aliphatic heterocycles. The van der Waals surface area contributed by atoms with E-state index in [2.05, 4.69) is 26.0 Å². The number of benzene rings is 1. The molecule has 0 bridgehead atoms. The molecule has 0 amide bonds. The van der Waals surface area contributed by atoms with Crippen LogP contribution in [0.2, 0.25) is 0 Å². The van der Waals surface area contributed by atoms with Gasteiger partial charge in [-0.15, -0.1) is 0 Å². The highest BCUT2D eigenvalue weighted by Crippen LogP contribution is 2.41. The minimum Gasteiger partial charge on any atom is -0.490 e. The lowest BCUT2D eigenvalue weighted by Crippen LogP contribution is -2.24. The minimum atomic E-state index is -0.277. The van der Waals surface area contributed by atoms with E-state index in [1.165, 1.54) is 5.56 Å². The normalized spacial score (nSPS) is 16.1. The molecule has 20 heavy (non-hydrogen) atoms. The van der Waals surface area contributed by atoms with Crippen molar-refractivity contribution in [1.82, 2.24) is 0 Å². The number of para-hydroxylation sites is 1. The second-order valence-electron chi connectivity index (χ2n) is 6.73. The number of ether oxygens (including phenoxy) is 2. The van der Waals surface area contributed by atoms with E-state index in [-0.39, 0.29) is 11.0 Å². The maximum absolute atomic E-state index is 8.98. The second-order valence-corrected chi connectivity index (χ2v) is 6.73. The highest BCUT2D eigenvalue weighted by molar-refractivity contribution is 5.50. The van der Waals surface area contributed by atoms with Gasteiger partial charge in [-0.25, -0.2) is 0 Å². The quantitative estimate of drug-likeness (QED) is 0.758. The molecule has 1 aliphatic rings. The Labute approximate surface area is 121 Å². The molecule has 3 nitrogen and oxygen atoms in total. The number of hydrogen-bond acceptors (Lipinski definition) is 3. The summed E-state index contributed by atoms with van der Waals surface area (Å²) in [7, 11) is 0. The molecule has 0 aromatic heterocycles. The molecular weight excluding hydrogens is 250 g/mol. The van der Waals surface area contributed by atoms with Crippen LogP contribution in [0.15, 0.2) is 18.2 Å². The van der Waals surface area contributed by atoms with Gasteiger partial charge in [0.1, 0.15) is 5.60 Å². The first-order valence-corrected chi connectivity index (χ1v) is 7.18. The molecule has 0 unspecified atom stereocenters. The molecule has 2 rings (SSSR count). The summed E-state index contributed by atoms with van der Waals surface area (Å²) in [5.41, 5.74) is 0.787. The third-order valence-corrected chi connectivity index (χ3v) is 3.56. The Balaban J connectivity index is 1.93. The standard InChI is InChI=1S/C17H23NO2/c1-16(2,12-18)9-6-10-19-14-8-5-7-13-11-17(3,4)20-15(13)14/h5,7-8H,6,9-11H2,1-4H3. The Morgan fingerprint density at radius 1 is 1.40 bits per heavy atom. The zero-order valence-corrected chi connectivity index (χ0v) is 12.8. The molecule has 0 radical (unpaired) electrons. The highest BCUT2D eigenvalue weighted by Gasteiger charge is 2.32. The smallest absolute Gasteiger partial charge is 0.165 e. The third kappa shape index (κ3) is 3.45. The average molecular weight is 273 g/mol. The molecule has 1 aromatic carbocycles. The summed E-state index contributed by atoms with van der Waals surface area (Å²) in [5.74, 6) is 1.71. The van der Waals surface area contributed by atoms with Gasteiger partial charge >= 0.3 is 0 Å². The molecule has 0 aliphatic carbocycles. The predicted octanol–water partition coefficient (Wildman–Crippen LogP) is 4.11. The minimum absolute atomic E-state index is 0.148. The van der Waals surface area contributed by atoms with E-state index in [1.54, 1.807) is 0 Å². The van der Waals surface area contributed by atoms with Crippen molar-refractivity contribution in [2.75, 3.05) is 6.61 Å². The van der Waals surface area contributed by atoms with Crippen LogP contribution in [0, 0.1) is 16.7 Å². The molecule has 0 fully saturated rings. The van der Waals surface area contributed by atoms with Crippen LogP contribution >= 0.6 is 0 Å². The van der Waals surface area contributed by atoms with Crippen molar-refractivity contribution in [2.45, 2.75) is 52.6 Å². The molecule has 0 saturated heterocycles. The fourth-order valence-corrected chi connectivity index (χ4v) is 2.45. The van der Waals surface area contributed by atoms with Crippen molar-refractivity contribution in [3.05, 3.63) is 23.8 Å². The summed E-state index contributed by atoms with van der Waals surface area (Å²) >= 11 is 0. The van der Waals surface area contributed by atoms with Gasteiger partial charge in [0.25, 0.3) is 0 Å². The molecule has 0 N–H and O–H groups in total. The van der Waals surface area contributed by atoms with E-state index in [1.807, 2.05) is 26.0 Å². The Morgan fingerprint density at radius 3 is 2.85 bits per heavy atom. The zero-order valence-electron chi connectivity index (χ0n) is 12.8. The van der Waals surface area contributed by atoms with Crippen LogP contribution in [0.3, 0.4) is 0 Å². The summed E-state index contributed by atoms with van der Waals surface area (Å²) in [5, 5.41) is 8.98. The van der Waals surface area contributed by atoms with Crippen molar-refractivity contribution < 1.29 is 9.47 Å². The number of hydrogen-bond donors (Lipinski definition) is 0. The lowest BCUT2D eigenvalue weighted by atomic mass is 9.90. The topological polar surface area (TPSA) is 42.2 Å². The number of rotatable bonds is 5. The average Bonchev–Trinajstić information content (AvgIpc) is 2.69. The predicted molar refractivity (Wildman–Crippen MR) is 79.0 cm³/mol. The van der Waals surface area contributed by atoms with Gasteiger partial charge in [0.2, 0.25) is 0 Å². The maximum Gasteiger partial charge on any atom is 0.165 e. The highest BCUT2D eigenvalue weighted by atomic mass is 16.5. The monoisotopic (exact) mass is 273 g/mol. The Kier molecular flexibility index (Phi) is 3.94. The van der Waals surface area contributed by atoms with E-state index in [0.717, 1.165) is 30.8 Å². The number of nitriles is 1. The van der Waals surface area contributed by atoms with Gasteiger partial charge in [-0.2, -0.15) is 5.26 Å². The van der Waals surface area contributed by atoms with Gasteiger partial charge in [0.05, 0.1) is 18.1 Å². The summed E-state index contributed by atoms with van der Waals surface area (Å²) in [6.07, 6.45) is 2.62. The van der Waals surface area contributed by atoms with Gasteiger partial charge in [-0.05, 0) is 46.6 Å². The van der Waals surface area contributed by atoms with Crippen LogP contribution in [0.5, 0.6) is 11.5 Å². The van der Waals surface area contributed by atoms with Gasteiger partial charge in [0.15, 0.2) is 11.5 Å². The fourth-order valence-electron chi connectivity index (χ4n) is 2.45. The lowest BCUT2D eigenvalue weighted by molar-refractivity contribution is 0.131. The second kappa shape index (κ2) is 5.36. The van der Waals surface area contributed by atoms with Gasteiger partial charge in [-0.1, -0.05) is 12.1 Å². The van der Waals surface area contributed by atoms with Crippen LogP contribution in [0.4, 0.5) is 0 Å². The van der Waals surface area contributed by atoms with E-state index in [9.17, 15) is 0 Å². The Bertz CT molecular complexity index is 526. The first kappa shape index (κ1) is 14.7. The summed E-state index contributed by atoms with van der Waals surface area (Å²) in [6, 6.07) is 8.37. The Hall–Kier alpha value is -1.69. The van der Waals surface area contributed by atoms with Gasteiger partial charge in [0, 0.05) is 12.0 Å². The van der Waals surface area contributed by atoms with Crippen LogP contribution in [-0.4, -0.2) is 12.2 Å². The van der Waals surface area contributed by atoms with Crippen LogP contribution in [0.25, 0.3) is 0 Å². The molecule has 0 saturated carbocycles. The first-order chi connectivity index (χ1) is 9.33. The van der Waals surface area contributed by atoms with Crippen LogP contribution < -0.4 is 9.47 Å². The molecule has 3 heteroatoms. The molecule has 1 aromatic rings. The summed E-state index contributed by atoms with van der Waals surface area (Å²) in [4.78, 5) is 0. The third-order valence-electron chi connectivity index (χ3n) is 3.56. The molecule has 0 spiro atoms. The van der Waals surface area contributed by atoms with Crippen molar-refractivity contribution in [3.63, 3.8) is 0 Å². The summed E-state index contributed by atoms with van der Waals surface area (Å²) in [6.45, 7) is 8.71. The van der Waals surface area contributed by atoms with E-state index >= 15 is 0 Å². The van der Waals surface area contributed by atoms with Crippen molar-refractivity contribution in [2.24, 2.45) is 5.41 Å². The molecule has 1 heterocycles. The molecule has 0 atom stereocenters. The van der Waals surface area contributed by atoms with Crippen molar-refractivity contribution >= 4 is 0 Å². The lowest BCUT2D eigenvalue weighted by Gasteiger charge is -2.18. The van der Waals surface area contributed by atoms with Crippen molar-refractivity contribution in [1.29, 1.82) is 5.26 Å². The van der Waals surface area contributed by atoms with E-state index in [4.69, 9.17) is 14.7 Å². The van der Waals surface area contributed by atoms with Gasteiger partial charge < -0.3 is 9.47 Å². The van der Waals surface area contributed by atoms with E-state index in [0.29, 0.717) is 6.61 Å². The van der Waals surface area contributed by atoms with Crippen LogP contribution in [-0.2, 0) is 6.42 Å². The SMILES string of the molecule is CC(C)(C#N)CCCOc1cccc2c1OC(C)(C)C2. The van der Waals surface area contributed by atoms with Crippen LogP contribution in [0.1, 0.15) is 46.1 Å². The van der Waals surface area contributed by atoms with Crippen molar-refractivity contribution in [3.8, 4) is 17.6 Å². The largest absolute Gasteiger partial charge is 0.490 e. The Morgan fingerprint density at radius 2 is 2.15 bits per heavy atom. The summed E-state index contributed by atoms with van der Waals surface area (Å²) < 4.78 is 11.8.